The van der Waals surface area contributed by atoms with Crippen LogP contribution in [0.5, 0.6) is 0 Å². The molecule has 1 heterocycles. The maximum absolute atomic E-state index is 12.3. The summed E-state index contributed by atoms with van der Waals surface area (Å²) < 4.78 is 0. The fourth-order valence-electron chi connectivity index (χ4n) is 2.01. The Hall–Kier alpha value is -2.40. The van der Waals surface area contributed by atoms with E-state index < -0.39 is 0 Å². The second-order valence-corrected chi connectivity index (χ2v) is 4.70. The first kappa shape index (κ1) is 15.0. The summed E-state index contributed by atoms with van der Waals surface area (Å²) in [6, 6.07) is 11.3. The van der Waals surface area contributed by atoms with Crippen LogP contribution in [0.2, 0.25) is 0 Å². The van der Waals surface area contributed by atoms with Crippen molar-refractivity contribution in [2.24, 2.45) is 5.73 Å². The number of nitrogens with two attached hydrogens (primary N) is 1. The third kappa shape index (κ3) is 4.29. The summed E-state index contributed by atoms with van der Waals surface area (Å²) in [7, 11) is 0. The molecular weight excluding hydrogens is 264 g/mol. The number of benzene rings is 1. The first-order valence-electron chi connectivity index (χ1n) is 6.96. The van der Waals surface area contributed by atoms with E-state index in [9.17, 15) is 4.79 Å². The van der Waals surface area contributed by atoms with E-state index in [2.05, 4.69) is 10.3 Å². The average molecular weight is 284 g/mol. The zero-order valence-electron chi connectivity index (χ0n) is 12.1. The quantitative estimate of drug-likeness (QED) is 0.886. The Morgan fingerprint density at radius 2 is 2.00 bits per heavy atom. The fourth-order valence-corrected chi connectivity index (χ4v) is 2.01. The smallest absolute Gasteiger partial charge is 0.322 e. The number of carbonyl (C=O) groups excluding carboxylic acids is 1. The lowest BCUT2D eigenvalue weighted by molar-refractivity contribution is 0.212. The number of hydrogen-bond acceptors (Lipinski definition) is 3. The van der Waals surface area contributed by atoms with Gasteiger partial charge in [0.25, 0.3) is 0 Å². The minimum absolute atomic E-state index is 0.122. The Kier molecular flexibility index (Phi) is 5.29. The number of amides is 2. The van der Waals surface area contributed by atoms with Gasteiger partial charge in [0.15, 0.2) is 0 Å². The van der Waals surface area contributed by atoms with E-state index in [0.717, 1.165) is 16.8 Å². The summed E-state index contributed by atoms with van der Waals surface area (Å²) in [6.45, 7) is 3.60. The van der Waals surface area contributed by atoms with Crippen molar-refractivity contribution >= 4 is 11.7 Å². The van der Waals surface area contributed by atoms with Gasteiger partial charge >= 0.3 is 6.03 Å². The Labute approximate surface area is 124 Å². The summed E-state index contributed by atoms with van der Waals surface area (Å²) in [6.07, 6.45) is 3.46. The predicted octanol–water partition coefficient (Wildman–Crippen LogP) is 2.59. The third-order valence-electron chi connectivity index (χ3n) is 3.21. The molecule has 0 fully saturated rings. The maximum atomic E-state index is 12.3. The van der Waals surface area contributed by atoms with Gasteiger partial charge in [-0.15, -0.1) is 0 Å². The molecule has 1 aromatic heterocycles. The van der Waals surface area contributed by atoms with Crippen LogP contribution in [0.25, 0.3) is 0 Å². The highest BCUT2D eigenvalue weighted by Gasteiger charge is 2.12. The van der Waals surface area contributed by atoms with Gasteiger partial charge in [-0.05, 0) is 42.3 Å². The van der Waals surface area contributed by atoms with Crippen molar-refractivity contribution < 1.29 is 4.79 Å². The molecule has 0 saturated carbocycles. The lowest BCUT2D eigenvalue weighted by atomic mass is 10.2. The summed E-state index contributed by atoms with van der Waals surface area (Å²) in [4.78, 5) is 18.0. The summed E-state index contributed by atoms with van der Waals surface area (Å²) in [5.41, 5.74) is 8.41. The molecule has 2 amide bonds. The van der Waals surface area contributed by atoms with Crippen LogP contribution in [0.1, 0.15) is 18.1 Å². The van der Waals surface area contributed by atoms with Crippen molar-refractivity contribution in [3.05, 3.63) is 59.9 Å². The molecule has 0 spiro atoms. The van der Waals surface area contributed by atoms with Crippen LogP contribution < -0.4 is 11.1 Å². The van der Waals surface area contributed by atoms with Gasteiger partial charge in [-0.25, -0.2) is 4.79 Å². The van der Waals surface area contributed by atoms with Crippen molar-refractivity contribution in [1.29, 1.82) is 0 Å². The molecular formula is C16H20N4O. The standard InChI is InChI=1S/C16H20N4O/c1-2-20(12-13-6-8-18-9-7-13)16(21)19-15-5-3-4-14(10-15)11-17/h3-10H,2,11-12,17H2,1H3,(H,19,21). The van der Waals surface area contributed by atoms with Crippen molar-refractivity contribution in [3.8, 4) is 0 Å². The Morgan fingerprint density at radius 1 is 1.24 bits per heavy atom. The van der Waals surface area contributed by atoms with Crippen molar-refractivity contribution in [1.82, 2.24) is 9.88 Å². The molecule has 0 unspecified atom stereocenters. The van der Waals surface area contributed by atoms with E-state index in [1.165, 1.54) is 0 Å². The Balaban J connectivity index is 2.02. The molecule has 0 aliphatic carbocycles. The number of nitrogens with zero attached hydrogens (tertiary/aromatic N) is 2. The second kappa shape index (κ2) is 7.40. The van der Waals surface area contributed by atoms with Gasteiger partial charge in [-0.2, -0.15) is 0 Å². The van der Waals surface area contributed by atoms with E-state index in [1.54, 1.807) is 17.3 Å². The number of carbonyl (C=O) groups is 1. The van der Waals surface area contributed by atoms with Gasteiger partial charge in [0.1, 0.15) is 0 Å². The minimum Gasteiger partial charge on any atom is -0.326 e. The van der Waals surface area contributed by atoms with Crippen LogP contribution in [0.3, 0.4) is 0 Å². The molecule has 21 heavy (non-hydrogen) atoms. The highest BCUT2D eigenvalue weighted by atomic mass is 16.2. The molecule has 2 rings (SSSR count). The number of hydrogen-bond donors (Lipinski definition) is 2. The predicted molar refractivity (Wildman–Crippen MR) is 83.7 cm³/mol. The molecule has 0 atom stereocenters. The summed E-state index contributed by atoms with van der Waals surface area (Å²) in [5, 5.41) is 2.90. The van der Waals surface area contributed by atoms with Crippen LogP contribution in [-0.4, -0.2) is 22.5 Å². The van der Waals surface area contributed by atoms with Crippen LogP contribution in [0, 0.1) is 0 Å². The minimum atomic E-state index is -0.122. The normalized spacial score (nSPS) is 10.2. The number of urea groups is 1. The van der Waals surface area contributed by atoms with Gasteiger partial charge in [-0.3, -0.25) is 4.98 Å². The molecule has 0 saturated heterocycles. The van der Waals surface area contributed by atoms with Crippen molar-refractivity contribution in [2.75, 3.05) is 11.9 Å². The molecule has 110 valence electrons. The SMILES string of the molecule is CCN(Cc1ccncc1)C(=O)Nc1cccc(CN)c1. The summed E-state index contributed by atoms with van der Waals surface area (Å²) >= 11 is 0. The van der Waals surface area contributed by atoms with Gasteiger partial charge in [-0.1, -0.05) is 12.1 Å². The lowest BCUT2D eigenvalue weighted by Gasteiger charge is -2.21. The highest BCUT2D eigenvalue weighted by Crippen LogP contribution is 2.12. The molecule has 5 heteroatoms. The van der Waals surface area contributed by atoms with Gasteiger partial charge in [0, 0.05) is 37.7 Å². The monoisotopic (exact) mass is 284 g/mol. The van der Waals surface area contributed by atoms with Gasteiger partial charge < -0.3 is 16.0 Å². The van der Waals surface area contributed by atoms with E-state index >= 15 is 0 Å². The van der Waals surface area contributed by atoms with Crippen LogP contribution in [-0.2, 0) is 13.1 Å². The Bertz CT molecular complexity index is 586. The van der Waals surface area contributed by atoms with Gasteiger partial charge in [0.05, 0.1) is 0 Å². The molecule has 0 bridgehead atoms. The van der Waals surface area contributed by atoms with Crippen molar-refractivity contribution in [3.63, 3.8) is 0 Å². The maximum Gasteiger partial charge on any atom is 0.322 e. The van der Waals surface area contributed by atoms with Crippen LogP contribution in [0.4, 0.5) is 10.5 Å². The van der Waals surface area contributed by atoms with Crippen LogP contribution in [0.15, 0.2) is 48.8 Å². The Morgan fingerprint density at radius 3 is 2.67 bits per heavy atom. The highest BCUT2D eigenvalue weighted by molar-refractivity contribution is 5.89. The number of aromatic nitrogens is 1. The largest absolute Gasteiger partial charge is 0.326 e. The van der Waals surface area contributed by atoms with Gasteiger partial charge in [0.2, 0.25) is 0 Å². The topological polar surface area (TPSA) is 71.2 Å². The van der Waals surface area contributed by atoms with Crippen molar-refractivity contribution in [2.45, 2.75) is 20.0 Å². The third-order valence-corrected chi connectivity index (χ3v) is 3.21. The molecule has 0 aliphatic rings. The first-order valence-corrected chi connectivity index (χ1v) is 6.96. The molecule has 0 radical (unpaired) electrons. The molecule has 2 aromatic rings. The zero-order valence-corrected chi connectivity index (χ0v) is 12.1. The zero-order chi connectivity index (χ0) is 15.1. The number of pyridine rings is 1. The first-order chi connectivity index (χ1) is 10.2. The van der Waals surface area contributed by atoms with E-state index in [4.69, 9.17) is 5.73 Å². The number of anilines is 1. The molecule has 5 nitrogen and oxygen atoms in total. The van der Waals surface area contributed by atoms with E-state index in [0.29, 0.717) is 19.6 Å². The molecule has 3 N–H and O–H groups in total. The van der Waals surface area contributed by atoms with E-state index in [1.807, 2.05) is 43.3 Å². The second-order valence-electron chi connectivity index (χ2n) is 4.70. The fraction of sp³-hybridized carbons (Fsp3) is 0.250. The average Bonchev–Trinajstić information content (AvgIpc) is 2.53. The molecule has 0 aliphatic heterocycles. The summed E-state index contributed by atoms with van der Waals surface area (Å²) in [5.74, 6) is 0. The number of nitrogens with one attached hydrogen (secondary N) is 1. The van der Waals surface area contributed by atoms with E-state index in [-0.39, 0.29) is 6.03 Å². The number of rotatable bonds is 5. The molecule has 1 aromatic carbocycles. The lowest BCUT2D eigenvalue weighted by Crippen LogP contribution is -2.34. The van der Waals surface area contributed by atoms with Crippen LogP contribution >= 0.6 is 0 Å².